The number of carbonyl (C=O) groups is 3. The first kappa shape index (κ1) is 18.0. The number of carboxylic acid groups (broad SMARTS) is 1. The van der Waals surface area contributed by atoms with E-state index in [-0.39, 0.29) is 11.6 Å². The van der Waals surface area contributed by atoms with Crippen LogP contribution in [0.1, 0.15) is 15.9 Å². The SMILES string of the molecule is O=C(O)C1=C(NNC(=O)c2ccccc2)O/C(=C\c2c[nH]c3ncccc23)C1=O. The van der Waals surface area contributed by atoms with Gasteiger partial charge in [0.2, 0.25) is 11.7 Å². The maximum atomic E-state index is 12.5. The maximum Gasteiger partial charge on any atom is 0.345 e. The lowest BCUT2D eigenvalue weighted by molar-refractivity contribution is -0.134. The summed E-state index contributed by atoms with van der Waals surface area (Å²) in [6.45, 7) is 0. The zero-order chi connectivity index (χ0) is 20.4. The maximum absolute atomic E-state index is 12.5. The molecule has 1 aliphatic rings. The van der Waals surface area contributed by atoms with Gasteiger partial charge >= 0.3 is 5.97 Å². The van der Waals surface area contributed by atoms with E-state index < -0.39 is 23.2 Å². The first-order valence-corrected chi connectivity index (χ1v) is 8.50. The summed E-state index contributed by atoms with van der Waals surface area (Å²) in [5.41, 5.74) is 5.67. The molecule has 9 nitrogen and oxygen atoms in total. The molecule has 0 saturated carbocycles. The lowest BCUT2D eigenvalue weighted by Gasteiger charge is -2.09. The minimum atomic E-state index is -1.48. The predicted octanol–water partition coefficient (Wildman–Crippen LogP) is 1.73. The number of allylic oxidation sites excluding steroid dienone is 1. The van der Waals surface area contributed by atoms with Gasteiger partial charge in [-0.25, -0.2) is 9.78 Å². The molecule has 2 aromatic heterocycles. The number of nitrogens with one attached hydrogen (secondary N) is 3. The number of pyridine rings is 1. The number of carbonyl (C=O) groups excluding carboxylic acids is 2. The molecule has 0 unspecified atom stereocenters. The van der Waals surface area contributed by atoms with Gasteiger partial charge in [0.05, 0.1) is 0 Å². The number of rotatable bonds is 5. The summed E-state index contributed by atoms with van der Waals surface area (Å²) in [6.07, 6.45) is 4.67. The summed E-state index contributed by atoms with van der Waals surface area (Å²) in [6, 6.07) is 11.8. The molecular formula is C20H14N4O5. The Labute approximate surface area is 163 Å². The van der Waals surface area contributed by atoms with Crippen molar-refractivity contribution in [3.05, 3.63) is 83.2 Å². The molecule has 0 bridgehead atoms. The van der Waals surface area contributed by atoms with Crippen molar-refractivity contribution < 1.29 is 24.2 Å². The van der Waals surface area contributed by atoms with Crippen molar-refractivity contribution >= 4 is 34.8 Å². The summed E-state index contributed by atoms with van der Waals surface area (Å²) >= 11 is 0. The summed E-state index contributed by atoms with van der Waals surface area (Å²) in [5, 5.41) is 10.1. The molecule has 0 aliphatic carbocycles. The fraction of sp³-hybridized carbons (Fsp3) is 0. The molecule has 3 heterocycles. The fourth-order valence-electron chi connectivity index (χ4n) is 2.82. The Hall–Kier alpha value is -4.40. The Kier molecular flexibility index (Phi) is 4.54. The lowest BCUT2D eigenvalue weighted by Crippen LogP contribution is -2.37. The number of ether oxygens (including phenoxy) is 1. The molecule has 29 heavy (non-hydrogen) atoms. The van der Waals surface area contributed by atoms with Crippen LogP contribution in [-0.2, 0) is 14.3 Å². The van der Waals surface area contributed by atoms with E-state index in [9.17, 15) is 19.5 Å². The van der Waals surface area contributed by atoms with Gasteiger partial charge in [-0.05, 0) is 30.3 Å². The molecule has 1 amide bonds. The van der Waals surface area contributed by atoms with Crippen molar-refractivity contribution in [3.63, 3.8) is 0 Å². The zero-order valence-electron chi connectivity index (χ0n) is 14.8. The molecule has 4 rings (SSSR count). The second-order valence-corrected chi connectivity index (χ2v) is 6.04. The molecule has 3 aromatic rings. The first-order chi connectivity index (χ1) is 14.0. The van der Waals surface area contributed by atoms with Crippen LogP contribution in [0.5, 0.6) is 0 Å². The number of H-pyrrole nitrogens is 1. The van der Waals surface area contributed by atoms with E-state index >= 15 is 0 Å². The third-order valence-corrected chi connectivity index (χ3v) is 4.20. The van der Waals surface area contributed by atoms with Crippen LogP contribution in [-0.4, -0.2) is 32.7 Å². The van der Waals surface area contributed by atoms with Gasteiger partial charge in [0.15, 0.2) is 11.3 Å². The number of hydrogen-bond donors (Lipinski definition) is 4. The molecule has 144 valence electrons. The van der Waals surface area contributed by atoms with E-state index in [2.05, 4.69) is 20.8 Å². The molecule has 0 saturated heterocycles. The highest BCUT2D eigenvalue weighted by atomic mass is 16.5. The highest BCUT2D eigenvalue weighted by Crippen LogP contribution is 2.27. The van der Waals surface area contributed by atoms with Crippen LogP contribution in [0.2, 0.25) is 0 Å². The molecule has 0 atom stereocenters. The topological polar surface area (TPSA) is 133 Å². The highest BCUT2D eigenvalue weighted by Gasteiger charge is 2.36. The van der Waals surface area contributed by atoms with Crippen molar-refractivity contribution in [3.8, 4) is 0 Å². The van der Waals surface area contributed by atoms with Crippen molar-refractivity contribution in [2.24, 2.45) is 0 Å². The van der Waals surface area contributed by atoms with Gasteiger partial charge in [-0.1, -0.05) is 18.2 Å². The zero-order valence-corrected chi connectivity index (χ0v) is 14.8. The van der Waals surface area contributed by atoms with E-state index in [1.165, 1.54) is 6.08 Å². The number of nitrogens with zero attached hydrogens (tertiary/aromatic N) is 1. The van der Waals surface area contributed by atoms with Gasteiger partial charge in [-0.2, -0.15) is 0 Å². The number of aromatic nitrogens is 2. The third-order valence-electron chi connectivity index (χ3n) is 4.20. The fourth-order valence-corrected chi connectivity index (χ4v) is 2.82. The second-order valence-electron chi connectivity index (χ2n) is 6.04. The van der Waals surface area contributed by atoms with Crippen LogP contribution < -0.4 is 10.9 Å². The number of carboxylic acids is 1. The number of ketones is 1. The average molecular weight is 390 g/mol. The van der Waals surface area contributed by atoms with E-state index in [4.69, 9.17) is 4.74 Å². The molecule has 0 fully saturated rings. The number of Topliss-reactive ketones (excluding diaryl/α,β-unsaturated/α-hetero) is 1. The van der Waals surface area contributed by atoms with Gasteiger partial charge in [0.1, 0.15) is 5.65 Å². The number of amides is 1. The normalized spacial score (nSPS) is 14.9. The van der Waals surface area contributed by atoms with Crippen molar-refractivity contribution in [2.75, 3.05) is 0 Å². The van der Waals surface area contributed by atoms with Gasteiger partial charge in [0.25, 0.3) is 5.91 Å². The molecular weight excluding hydrogens is 376 g/mol. The van der Waals surface area contributed by atoms with Crippen LogP contribution >= 0.6 is 0 Å². The standard InChI is InChI=1S/C20H14N4O5/c25-16-14(9-12-10-22-17-13(12)7-4-8-21-17)29-19(15(16)20(27)28)24-23-18(26)11-5-2-1-3-6-11/h1-10,24H,(H,21,22)(H,23,26)(H,27,28)/b14-9-. The van der Waals surface area contributed by atoms with E-state index in [1.54, 1.807) is 54.9 Å². The number of hydrogen-bond acceptors (Lipinski definition) is 6. The number of benzene rings is 1. The van der Waals surface area contributed by atoms with E-state index in [1.807, 2.05) is 0 Å². The van der Waals surface area contributed by atoms with Crippen LogP contribution in [0.25, 0.3) is 17.1 Å². The Morgan fingerprint density at radius 2 is 1.93 bits per heavy atom. The Morgan fingerprint density at radius 1 is 1.14 bits per heavy atom. The molecule has 1 aliphatic heterocycles. The van der Waals surface area contributed by atoms with Crippen molar-refractivity contribution in [1.82, 2.24) is 20.8 Å². The van der Waals surface area contributed by atoms with Crippen LogP contribution in [0.3, 0.4) is 0 Å². The lowest BCUT2D eigenvalue weighted by atomic mass is 10.1. The Bertz CT molecular complexity index is 1190. The van der Waals surface area contributed by atoms with Gasteiger partial charge < -0.3 is 14.8 Å². The van der Waals surface area contributed by atoms with Crippen LogP contribution in [0, 0.1) is 0 Å². The summed E-state index contributed by atoms with van der Waals surface area (Å²) < 4.78 is 5.41. The van der Waals surface area contributed by atoms with E-state index in [0.717, 1.165) is 5.39 Å². The monoisotopic (exact) mass is 390 g/mol. The summed E-state index contributed by atoms with van der Waals surface area (Å²) in [4.78, 5) is 43.3. The molecule has 9 heteroatoms. The molecule has 4 N–H and O–H groups in total. The Balaban J connectivity index is 1.58. The third kappa shape index (κ3) is 3.44. The number of aliphatic carboxylic acids is 1. The van der Waals surface area contributed by atoms with E-state index in [0.29, 0.717) is 16.8 Å². The first-order valence-electron chi connectivity index (χ1n) is 8.50. The largest absolute Gasteiger partial charge is 0.477 e. The quantitative estimate of drug-likeness (QED) is 0.296. The minimum absolute atomic E-state index is 0.191. The minimum Gasteiger partial charge on any atom is -0.477 e. The van der Waals surface area contributed by atoms with Gasteiger partial charge in [0, 0.05) is 28.9 Å². The smallest absolute Gasteiger partial charge is 0.345 e. The number of fused-ring (bicyclic) bond motifs is 1. The van der Waals surface area contributed by atoms with Gasteiger partial charge in [-0.3, -0.25) is 20.4 Å². The van der Waals surface area contributed by atoms with Crippen LogP contribution in [0.15, 0.2) is 72.1 Å². The molecule has 0 spiro atoms. The summed E-state index contributed by atoms with van der Waals surface area (Å²) in [5.74, 6) is -3.36. The number of hydrazine groups is 1. The van der Waals surface area contributed by atoms with Gasteiger partial charge in [-0.15, -0.1) is 0 Å². The van der Waals surface area contributed by atoms with Crippen LogP contribution in [0.4, 0.5) is 0 Å². The van der Waals surface area contributed by atoms with Crippen molar-refractivity contribution in [1.29, 1.82) is 0 Å². The summed E-state index contributed by atoms with van der Waals surface area (Å²) in [7, 11) is 0. The number of aromatic amines is 1. The Morgan fingerprint density at radius 3 is 2.69 bits per heavy atom. The molecule has 1 aromatic carbocycles. The molecule has 0 radical (unpaired) electrons. The highest BCUT2D eigenvalue weighted by molar-refractivity contribution is 6.26. The second kappa shape index (κ2) is 7.31. The predicted molar refractivity (Wildman–Crippen MR) is 102 cm³/mol. The van der Waals surface area contributed by atoms with Crippen molar-refractivity contribution in [2.45, 2.75) is 0 Å². The average Bonchev–Trinajstić information content (AvgIpc) is 3.28.